The minimum Gasteiger partial charge on any atom is -0.460 e. The van der Waals surface area contributed by atoms with E-state index in [0.29, 0.717) is 31.4 Å². The molecule has 2 saturated heterocycles. The van der Waals surface area contributed by atoms with E-state index in [9.17, 15) is 48.9 Å². The fourth-order valence-corrected chi connectivity index (χ4v) is 12.1. The van der Waals surface area contributed by atoms with Crippen LogP contribution in [0, 0.1) is 29.6 Å². The number of hydrazine groups is 1. The smallest absolute Gasteiger partial charge is 0.410 e. The van der Waals surface area contributed by atoms with Crippen LogP contribution in [-0.2, 0) is 60.7 Å². The van der Waals surface area contributed by atoms with Gasteiger partial charge in [0.2, 0.25) is 29.9 Å². The molecule has 23 heteroatoms. The molecule has 2 aromatic carbocycles. The summed E-state index contributed by atoms with van der Waals surface area (Å²) in [7, 11) is 6.23. The van der Waals surface area contributed by atoms with Crippen molar-refractivity contribution < 1.29 is 72.6 Å². The fraction of sp³-hybridized carbons (Fsp3) is 0.633. The van der Waals surface area contributed by atoms with Crippen LogP contribution in [0.1, 0.15) is 122 Å². The van der Waals surface area contributed by atoms with Crippen molar-refractivity contribution in [3.05, 3.63) is 76.2 Å². The topological polar surface area (TPSA) is 299 Å². The number of nitrogens with one attached hydrogen (secondary N) is 2. The molecule has 3 aromatic rings. The minimum atomic E-state index is -1.66. The first-order chi connectivity index (χ1) is 39.5. The third kappa shape index (κ3) is 18.3. The Kier molecular flexibility index (Phi) is 26.5. The standard InChI is InChI=1S/C60H89N7O15S/c1-12-36(6)53(48(78-10)31-51(73)67-25-16-19-43(67)56(79-11)37(7)44(68)29-40(57-62-24-26-83-57)27-38-17-14-13-15-18-38)65(8)58(76)41(34(2)3)30-45(69)52(35(4)5)66(9)60(77)81-32-39-20-21-47(82-59-55(75)54(74)46(70)33-80-59)42(28-39)63-49(71)22-23-50(72)64-61/h13-15,17-18,20-21,24,26,28,34-37,40-41,43,46,48,52-56,59,70,74-75H,12,16,19,22-23,25,27,29-33,61H2,1-11H3,(H,63,71)(H,64,72)/t36?,37-,40?,41?,43-,46+,48+,52-,53-,54-,55?,56+,59-/m0/s1. The van der Waals surface area contributed by atoms with Gasteiger partial charge in [-0.15, -0.1) is 11.3 Å². The second-order valence-corrected chi connectivity index (χ2v) is 23.6. The lowest BCUT2D eigenvalue weighted by Crippen LogP contribution is -2.54. The molecule has 13 atom stereocenters. The highest BCUT2D eigenvalue weighted by Gasteiger charge is 2.44. The molecule has 5 amide bonds. The van der Waals surface area contributed by atoms with E-state index in [4.69, 9.17) is 29.5 Å². The normalized spacial score (nSPS) is 21.0. The number of hydrogen-bond acceptors (Lipinski definition) is 18. The van der Waals surface area contributed by atoms with Crippen LogP contribution in [-0.4, -0.2) is 173 Å². The molecule has 2 fully saturated rings. The van der Waals surface area contributed by atoms with Crippen molar-refractivity contribution in [2.75, 3.05) is 46.8 Å². The van der Waals surface area contributed by atoms with Gasteiger partial charge in [0, 0.05) is 89.9 Å². The number of aromatic nitrogens is 1. The molecule has 5 rings (SSSR count). The Bertz CT molecular complexity index is 2590. The number of rotatable bonds is 31. The number of aliphatic hydroxyl groups excluding tert-OH is 3. The number of carbonyl (C=O) groups excluding carboxylic acids is 7. The molecule has 0 saturated carbocycles. The van der Waals surface area contributed by atoms with E-state index < -0.39 is 84.6 Å². The van der Waals surface area contributed by atoms with Gasteiger partial charge in [-0.3, -0.25) is 34.2 Å². The maximum atomic E-state index is 14.9. The first-order valence-electron chi connectivity index (χ1n) is 28.7. The number of thiazole rings is 1. The van der Waals surface area contributed by atoms with Crippen LogP contribution < -0.4 is 21.3 Å². The third-order valence-corrected chi connectivity index (χ3v) is 17.2. The van der Waals surface area contributed by atoms with E-state index in [0.717, 1.165) is 17.0 Å². The summed E-state index contributed by atoms with van der Waals surface area (Å²) in [5, 5.41) is 36.1. The van der Waals surface area contributed by atoms with Crippen LogP contribution in [0.4, 0.5) is 10.5 Å². The van der Waals surface area contributed by atoms with E-state index in [1.54, 1.807) is 39.1 Å². The number of carbonyl (C=O) groups is 7. The molecular formula is C60H89N7O15S. The summed E-state index contributed by atoms with van der Waals surface area (Å²) in [4.78, 5) is 106. The molecule has 0 spiro atoms. The SMILES string of the molecule is CCC(C)[C@@H]([C@@H](CC(=O)N1CCC[C@H]1[C@H](OC)[C@@H](C)C(=O)CC(Cc1ccccc1)c1nccs1)OC)N(C)C(=O)C(CC(=O)[C@H](C(C)C)N(C)C(=O)OCc1ccc(O[C@@H]2OC[C@@H](O)[C@H](O)C2O)c(NC(=O)CCC(=O)NN)c1)C(C)C. The lowest BCUT2D eigenvalue weighted by molar-refractivity contribution is -0.241. The fourth-order valence-electron chi connectivity index (χ4n) is 11.3. The zero-order valence-electron chi connectivity index (χ0n) is 49.9. The van der Waals surface area contributed by atoms with E-state index in [1.165, 1.54) is 48.6 Å². The van der Waals surface area contributed by atoms with Gasteiger partial charge in [0.25, 0.3) is 0 Å². The van der Waals surface area contributed by atoms with Crippen LogP contribution in [0.2, 0.25) is 0 Å². The molecule has 0 aliphatic carbocycles. The lowest BCUT2D eigenvalue weighted by Gasteiger charge is -2.41. The van der Waals surface area contributed by atoms with Crippen molar-refractivity contribution in [2.45, 2.75) is 174 Å². The summed E-state index contributed by atoms with van der Waals surface area (Å²) in [6.45, 7) is 12.9. The number of Topliss-reactive ketones (excluding diaryl/α,β-unsaturated/α-hetero) is 2. The molecule has 1 aromatic heterocycles. The van der Waals surface area contributed by atoms with Gasteiger partial charge in [0.1, 0.15) is 36.5 Å². The Labute approximate surface area is 492 Å². The van der Waals surface area contributed by atoms with Gasteiger partial charge in [-0.05, 0) is 60.3 Å². The Balaban J connectivity index is 1.26. The summed E-state index contributed by atoms with van der Waals surface area (Å²) in [5.74, 6) is 0.783. The molecule has 460 valence electrons. The van der Waals surface area contributed by atoms with Crippen LogP contribution in [0.5, 0.6) is 5.75 Å². The van der Waals surface area contributed by atoms with Gasteiger partial charge in [0.05, 0.1) is 54.1 Å². The van der Waals surface area contributed by atoms with Crippen molar-refractivity contribution >= 4 is 58.3 Å². The number of hydrogen-bond donors (Lipinski definition) is 6. The summed E-state index contributed by atoms with van der Waals surface area (Å²) in [6.07, 6.45) is -4.25. The zero-order valence-corrected chi connectivity index (χ0v) is 50.8. The molecule has 22 nitrogen and oxygen atoms in total. The van der Waals surface area contributed by atoms with Crippen molar-refractivity contribution in [2.24, 2.45) is 35.4 Å². The maximum Gasteiger partial charge on any atom is 0.410 e. The molecule has 2 aliphatic heterocycles. The summed E-state index contributed by atoms with van der Waals surface area (Å²) in [6, 6.07) is 12.4. The van der Waals surface area contributed by atoms with Crippen LogP contribution in [0.15, 0.2) is 60.1 Å². The van der Waals surface area contributed by atoms with Gasteiger partial charge in [-0.25, -0.2) is 15.6 Å². The zero-order chi connectivity index (χ0) is 61.2. The molecule has 83 heavy (non-hydrogen) atoms. The highest BCUT2D eigenvalue weighted by atomic mass is 32.1. The average molecular weight is 1180 g/mol. The van der Waals surface area contributed by atoms with E-state index in [1.807, 2.05) is 68.5 Å². The van der Waals surface area contributed by atoms with Crippen LogP contribution >= 0.6 is 11.3 Å². The summed E-state index contributed by atoms with van der Waals surface area (Å²) >= 11 is 1.53. The number of aliphatic hydroxyl groups is 3. The Morgan fingerprint density at radius 2 is 1.55 bits per heavy atom. The number of methoxy groups -OCH3 is 2. The van der Waals surface area contributed by atoms with Crippen molar-refractivity contribution in [1.29, 1.82) is 0 Å². The van der Waals surface area contributed by atoms with Gasteiger partial charge < -0.3 is 59.0 Å². The maximum absolute atomic E-state index is 14.9. The van der Waals surface area contributed by atoms with Gasteiger partial charge in [-0.2, -0.15) is 0 Å². The number of nitrogens with zero attached hydrogens (tertiary/aromatic N) is 4. The third-order valence-electron chi connectivity index (χ3n) is 16.3. The quantitative estimate of drug-likeness (QED) is 0.0267. The summed E-state index contributed by atoms with van der Waals surface area (Å²) in [5.41, 5.74) is 3.46. The monoisotopic (exact) mass is 1180 g/mol. The molecule has 0 bridgehead atoms. The largest absolute Gasteiger partial charge is 0.460 e. The number of ether oxygens (including phenoxy) is 5. The second kappa shape index (κ2) is 32.4. The van der Waals surface area contributed by atoms with E-state index in [-0.39, 0.29) is 104 Å². The van der Waals surface area contributed by atoms with Gasteiger partial charge >= 0.3 is 6.09 Å². The predicted molar refractivity (Wildman–Crippen MR) is 310 cm³/mol. The van der Waals surface area contributed by atoms with Crippen LogP contribution in [0.25, 0.3) is 0 Å². The highest BCUT2D eigenvalue weighted by molar-refractivity contribution is 7.09. The van der Waals surface area contributed by atoms with Gasteiger partial charge in [0.15, 0.2) is 5.78 Å². The predicted octanol–water partition coefficient (Wildman–Crippen LogP) is 5.40. The number of benzene rings is 2. The molecular weight excluding hydrogens is 1090 g/mol. The Morgan fingerprint density at radius 1 is 0.855 bits per heavy atom. The van der Waals surface area contributed by atoms with Crippen molar-refractivity contribution in [3.63, 3.8) is 0 Å². The molecule has 0 radical (unpaired) electrons. The molecule has 2 aliphatic rings. The lowest BCUT2D eigenvalue weighted by atomic mass is 9.83. The first kappa shape index (κ1) is 67.9. The van der Waals surface area contributed by atoms with E-state index in [2.05, 4.69) is 22.4 Å². The molecule has 3 heterocycles. The molecule has 4 unspecified atom stereocenters. The number of likely N-dealkylation sites (tertiary alicyclic amines) is 1. The average Bonchev–Trinajstić information content (AvgIpc) is 4.25. The van der Waals surface area contributed by atoms with Crippen LogP contribution in [0.3, 0.4) is 0 Å². The first-order valence-corrected chi connectivity index (χ1v) is 29.6. The minimum absolute atomic E-state index is 0.0204. The van der Waals surface area contributed by atoms with E-state index >= 15 is 0 Å². The number of ketones is 2. The Hall–Kier alpha value is -5.92. The highest BCUT2D eigenvalue weighted by Crippen LogP contribution is 2.35. The molecule has 7 N–H and O–H groups in total. The number of likely N-dealkylation sites (N-methyl/N-ethyl adjacent to an activating group) is 2. The second-order valence-electron chi connectivity index (χ2n) is 22.7. The number of nitrogens with two attached hydrogens (primary N) is 1. The Morgan fingerprint density at radius 3 is 2.17 bits per heavy atom. The number of anilines is 1. The summed E-state index contributed by atoms with van der Waals surface area (Å²) < 4.78 is 29.2. The van der Waals surface area contributed by atoms with Crippen molar-refractivity contribution in [3.8, 4) is 5.75 Å². The van der Waals surface area contributed by atoms with Crippen molar-refractivity contribution in [1.82, 2.24) is 25.1 Å². The van der Waals surface area contributed by atoms with Gasteiger partial charge in [-0.1, -0.05) is 91.3 Å². The number of amides is 5.